The summed E-state index contributed by atoms with van der Waals surface area (Å²) in [6, 6.07) is 0. The predicted molar refractivity (Wildman–Crippen MR) is 288 cm³/mol. The van der Waals surface area contributed by atoms with Crippen LogP contribution in [-0.2, 0) is 23.8 Å². The molecule has 0 saturated heterocycles. The van der Waals surface area contributed by atoms with Gasteiger partial charge in [-0.25, -0.2) is 0 Å². The highest BCUT2D eigenvalue weighted by atomic mass is 16.6. The van der Waals surface area contributed by atoms with Crippen LogP contribution >= 0.6 is 0 Å². The molecular weight excluding hydrogens is 813 g/mol. The van der Waals surface area contributed by atoms with E-state index in [1.165, 1.54) is 186 Å². The Morgan fingerprint density at radius 1 is 0.348 bits per heavy atom. The third-order valence-electron chi connectivity index (χ3n) is 12.5. The van der Waals surface area contributed by atoms with Crippen LogP contribution in [0.5, 0.6) is 0 Å². The maximum atomic E-state index is 12.8. The van der Waals surface area contributed by atoms with Gasteiger partial charge in [0.2, 0.25) is 0 Å². The standard InChI is InChI=1S/C61H110O5/c1-4-7-10-13-16-19-22-25-28-29-30-31-32-35-38-41-44-47-50-53-56-64-57-59(66-61(63)55-52-49-46-43-40-37-34-27-24-21-18-15-12-9-6-3)58-65-60(62)54-51-48-45-42-39-36-33-26-23-20-17-14-11-8-5-2/h8,11,17,20,25-26,28,33,39,42,59H,4-7,9-10,12-16,18-19,21-24,27,29-32,34-38,40-41,43-58H2,1-3H3/b11-8-,20-17-,28-25-,33-26-,42-39-. The van der Waals surface area contributed by atoms with Crippen molar-refractivity contribution in [3.05, 3.63) is 60.8 Å². The van der Waals surface area contributed by atoms with Gasteiger partial charge in [0, 0.05) is 19.4 Å². The SMILES string of the molecule is CC/C=C\C/C=C\C/C=C\C/C=C\CCCCC(=O)OCC(COCCCCCCCCCCCC/C=C\CCCCCCCC)OC(=O)CCCCCCCCCCCCCCCCC. The Hall–Kier alpha value is -2.40. The number of carbonyl (C=O) groups excluding carboxylic acids is 2. The lowest BCUT2D eigenvalue weighted by atomic mass is 10.0. The van der Waals surface area contributed by atoms with Gasteiger partial charge in [0.25, 0.3) is 0 Å². The molecule has 0 aliphatic rings. The summed E-state index contributed by atoms with van der Waals surface area (Å²) in [5.74, 6) is -0.433. The first kappa shape index (κ1) is 63.6. The molecule has 0 aliphatic heterocycles. The number of unbranched alkanes of at least 4 members (excludes halogenated alkanes) is 32. The van der Waals surface area contributed by atoms with Crippen molar-refractivity contribution in [1.29, 1.82) is 0 Å². The molecule has 66 heavy (non-hydrogen) atoms. The Bertz CT molecular complexity index is 1130. The van der Waals surface area contributed by atoms with Crippen molar-refractivity contribution in [1.82, 2.24) is 0 Å². The van der Waals surface area contributed by atoms with Crippen LogP contribution in [-0.4, -0.2) is 37.9 Å². The summed E-state index contributed by atoms with van der Waals surface area (Å²) in [6.45, 7) is 7.71. The summed E-state index contributed by atoms with van der Waals surface area (Å²) >= 11 is 0. The van der Waals surface area contributed by atoms with E-state index in [1.54, 1.807) is 0 Å². The number of carbonyl (C=O) groups is 2. The molecule has 0 aromatic carbocycles. The van der Waals surface area contributed by atoms with Gasteiger partial charge in [0.15, 0.2) is 6.10 Å². The zero-order valence-electron chi connectivity index (χ0n) is 44.2. The largest absolute Gasteiger partial charge is 0.462 e. The highest BCUT2D eigenvalue weighted by molar-refractivity contribution is 5.70. The molecule has 0 saturated carbocycles. The van der Waals surface area contributed by atoms with Crippen LogP contribution in [0, 0.1) is 0 Å². The van der Waals surface area contributed by atoms with E-state index >= 15 is 0 Å². The fourth-order valence-electron chi connectivity index (χ4n) is 8.26. The second-order valence-corrected chi connectivity index (χ2v) is 19.2. The van der Waals surface area contributed by atoms with Gasteiger partial charge >= 0.3 is 11.9 Å². The Labute approximate surface area is 411 Å². The van der Waals surface area contributed by atoms with Gasteiger partial charge < -0.3 is 14.2 Å². The number of esters is 2. The van der Waals surface area contributed by atoms with Gasteiger partial charge in [-0.2, -0.15) is 0 Å². The zero-order valence-corrected chi connectivity index (χ0v) is 44.2. The number of hydrogen-bond donors (Lipinski definition) is 0. The quantitative estimate of drug-likeness (QED) is 0.0346. The van der Waals surface area contributed by atoms with Gasteiger partial charge in [-0.15, -0.1) is 0 Å². The average molecular weight is 924 g/mol. The Morgan fingerprint density at radius 2 is 0.682 bits per heavy atom. The van der Waals surface area contributed by atoms with E-state index in [-0.39, 0.29) is 25.2 Å². The van der Waals surface area contributed by atoms with Gasteiger partial charge in [-0.3, -0.25) is 9.59 Å². The molecule has 0 N–H and O–H groups in total. The maximum absolute atomic E-state index is 12.8. The van der Waals surface area contributed by atoms with Crippen molar-refractivity contribution < 1.29 is 23.8 Å². The average Bonchev–Trinajstić information content (AvgIpc) is 3.32. The summed E-state index contributed by atoms with van der Waals surface area (Å²) in [4.78, 5) is 25.5. The number of hydrogen-bond acceptors (Lipinski definition) is 5. The molecule has 5 nitrogen and oxygen atoms in total. The first-order chi connectivity index (χ1) is 32.6. The topological polar surface area (TPSA) is 61.8 Å². The monoisotopic (exact) mass is 923 g/mol. The molecule has 1 atom stereocenters. The van der Waals surface area contributed by atoms with Crippen molar-refractivity contribution in [3.8, 4) is 0 Å². The van der Waals surface area contributed by atoms with Gasteiger partial charge in [0.1, 0.15) is 6.61 Å². The smallest absolute Gasteiger partial charge is 0.306 e. The van der Waals surface area contributed by atoms with Crippen LogP contribution in [0.1, 0.15) is 290 Å². The van der Waals surface area contributed by atoms with Crippen molar-refractivity contribution in [2.75, 3.05) is 19.8 Å². The maximum Gasteiger partial charge on any atom is 0.306 e. The second kappa shape index (κ2) is 56.9. The van der Waals surface area contributed by atoms with E-state index in [0.29, 0.717) is 19.4 Å². The molecule has 0 aromatic heterocycles. The van der Waals surface area contributed by atoms with E-state index < -0.39 is 6.10 Å². The van der Waals surface area contributed by atoms with Crippen LogP contribution in [0.2, 0.25) is 0 Å². The van der Waals surface area contributed by atoms with Crippen molar-refractivity contribution in [2.45, 2.75) is 297 Å². The lowest BCUT2D eigenvalue weighted by Crippen LogP contribution is -2.30. The third-order valence-corrected chi connectivity index (χ3v) is 12.5. The molecule has 0 rings (SSSR count). The fraction of sp³-hybridized carbons (Fsp3) is 0.803. The Kier molecular flexibility index (Phi) is 54.9. The molecule has 0 aliphatic carbocycles. The highest BCUT2D eigenvalue weighted by Crippen LogP contribution is 2.16. The van der Waals surface area contributed by atoms with Crippen molar-refractivity contribution in [2.24, 2.45) is 0 Å². The molecule has 0 fully saturated rings. The van der Waals surface area contributed by atoms with E-state index in [1.807, 2.05) is 0 Å². The minimum Gasteiger partial charge on any atom is -0.462 e. The summed E-state index contributed by atoms with van der Waals surface area (Å²) < 4.78 is 17.4. The number of ether oxygens (including phenoxy) is 3. The van der Waals surface area contributed by atoms with E-state index in [0.717, 1.165) is 70.6 Å². The van der Waals surface area contributed by atoms with E-state index in [2.05, 4.69) is 81.5 Å². The molecule has 0 amide bonds. The van der Waals surface area contributed by atoms with Crippen LogP contribution in [0.25, 0.3) is 0 Å². The molecule has 1 unspecified atom stereocenters. The molecule has 0 heterocycles. The van der Waals surface area contributed by atoms with E-state index in [4.69, 9.17) is 14.2 Å². The number of rotatable bonds is 53. The molecule has 5 heteroatoms. The molecule has 384 valence electrons. The predicted octanol–water partition coefficient (Wildman–Crippen LogP) is 19.7. The Balaban J connectivity index is 4.28. The van der Waals surface area contributed by atoms with Crippen LogP contribution < -0.4 is 0 Å². The molecule has 0 aromatic rings. The van der Waals surface area contributed by atoms with Crippen molar-refractivity contribution >= 4 is 11.9 Å². The first-order valence-electron chi connectivity index (χ1n) is 28.8. The minimum atomic E-state index is -0.553. The Morgan fingerprint density at radius 3 is 1.14 bits per heavy atom. The first-order valence-corrected chi connectivity index (χ1v) is 28.8. The summed E-state index contributed by atoms with van der Waals surface area (Å²) in [6.07, 6.45) is 72.5. The van der Waals surface area contributed by atoms with Crippen LogP contribution in [0.15, 0.2) is 60.8 Å². The zero-order chi connectivity index (χ0) is 47.7. The highest BCUT2D eigenvalue weighted by Gasteiger charge is 2.17. The van der Waals surface area contributed by atoms with E-state index in [9.17, 15) is 9.59 Å². The van der Waals surface area contributed by atoms with Gasteiger partial charge in [-0.1, -0.05) is 255 Å². The van der Waals surface area contributed by atoms with Gasteiger partial charge in [-0.05, 0) is 83.5 Å². The molecule has 0 bridgehead atoms. The summed E-state index contributed by atoms with van der Waals surface area (Å²) in [7, 11) is 0. The minimum absolute atomic E-state index is 0.0657. The summed E-state index contributed by atoms with van der Waals surface area (Å²) in [5.41, 5.74) is 0. The molecule has 0 spiro atoms. The van der Waals surface area contributed by atoms with Crippen LogP contribution in [0.4, 0.5) is 0 Å². The normalized spacial score (nSPS) is 12.6. The third kappa shape index (κ3) is 54.2. The fourth-order valence-corrected chi connectivity index (χ4v) is 8.26. The van der Waals surface area contributed by atoms with Crippen LogP contribution in [0.3, 0.4) is 0 Å². The summed E-state index contributed by atoms with van der Waals surface area (Å²) in [5, 5.41) is 0. The molecular formula is C61H110O5. The van der Waals surface area contributed by atoms with Gasteiger partial charge in [0.05, 0.1) is 6.61 Å². The lowest BCUT2D eigenvalue weighted by Gasteiger charge is -2.18. The number of allylic oxidation sites excluding steroid dienone is 10. The molecule has 0 radical (unpaired) electrons. The lowest BCUT2D eigenvalue weighted by molar-refractivity contribution is -0.163. The van der Waals surface area contributed by atoms with Crippen molar-refractivity contribution in [3.63, 3.8) is 0 Å². The second-order valence-electron chi connectivity index (χ2n) is 19.2.